The van der Waals surface area contributed by atoms with E-state index < -0.39 is 0 Å². The maximum atomic E-state index is 6.38. The van der Waals surface area contributed by atoms with Crippen molar-refractivity contribution in [3.63, 3.8) is 0 Å². The molecule has 0 radical (unpaired) electrons. The number of benzene rings is 7. The molecule has 10 rings (SSSR count). The van der Waals surface area contributed by atoms with Crippen molar-refractivity contribution in [3.8, 4) is 39.9 Å². The average Bonchev–Trinajstić information content (AvgIpc) is 3.56. The Balaban J connectivity index is 1.19. The number of ether oxygens (including phenoxy) is 1. The third-order valence-corrected chi connectivity index (χ3v) is 9.91. The Labute approximate surface area is 283 Å². The second-order valence-electron chi connectivity index (χ2n) is 12.7. The first-order valence-electron chi connectivity index (χ1n) is 16.7. The van der Waals surface area contributed by atoms with E-state index in [1.165, 1.54) is 27.5 Å². The summed E-state index contributed by atoms with van der Waals surface area (Å²) >= 11 is 0. The van der Waals surface area contributed by atoms with Gasteiger partial charge in [0.05, 0.1) is 5.92 Å². The van der Waals surface area contributed by atoms with E-state index in [-0.39, 0.29) is 12.0 Å². The van der Waals surface area contributed by atoms with Crippen LogP contribution in [0, 0.1) is 0 Å². The molecule has 0 bridgehead atoms. The van der Waals surface area contributed by atoms with Crippen molar-refractivity contribution in [1.82, 2.24) is 15.0 Å². The molecule has 49 heavy (non-hydrogen) atoms. The third-order valence-electron chi connectivity index (χ3n) is 9.91. The van der Waals surface area contributed by atoms with Gasteiger partial charge < -0.3 is 4.74 Å². The highest BCUT2D eigenvalue weighted by molar-refractivity contribution is 6.13. The lowest BCUT2D eigenvalue weighted by molar-refractivity contribution is 0.271. The van der Waals surface area contributed by atoms with Crippen LogP contribution in [0.2, 0.25) is 0 Å². The maximum absolute atomic E-state index is 6.38. The zero-order valence-electron chi connectivity index (χ0n) is 26.5. The predicted octanol–water partition coefficient (Wildman–Crippen LogP) is 10.8. The van der Waals surface area contributed by atoms with Gasteiger partial charge in [0.2, 0.25) is 0 Å². The van der Waals surface area contributed by atoms with Gasteiger partial charge in [0.1, 0.15) is 11.9 Å². The van der Waals surface area contributed by atoms with Crippen molar-refractivity contribution < 1.29 is 4.74 Å². The highest BCUT2D eigenvalue weighted by Crippen LogP contribution is 2.49. The molecule has 0 N–H and O–H groups in total. The Hall–Kier alpha value is -6.39. The van der Waals surface area contributed by atoms with Crippen LogP contribution >= 0.6 is 0 Å². The quantitative estimate of drug-likeness (QED) is 0.182. The molecule has 2 aliphatic rings. The van der Waals surface area contributed by atoms with E-state index in [2.05, 4.69) is 140 Å². The van der Waals surface area contributed by atoms with Crippen LogP contribution in [-0.2, 0) is 0 Å². The Bertz CT molecular complexity index is 2660. The van der Waals surface area contributed by atoms with E-state index in [1.54, 1.807) is 0 Å². The van der Waals surface area contributed by atoms with Crippen LogP contribution in [0.5, 0.6) is 5.75 Å². The molecule has 4 heteroatoms. The summed E-state index contributed by atoms with van der Waals surface area (Å²) in [7, 11) is 0. The molecule has 0 amide bonds. The Morgan fingerprint density at radius 2 is 1.08 bits per heavy atom. The fraction of sp³-hybridized carbons (Fsp3) is 0.0444. The predicted molar refractivity (Wildman–Crippen MR) is 199 cm³/mol. The van der Waals surface area contributed by atoms with Gasteiger partial charge in [-0.2, -0.15) is 0 Å². The van der Waals surface area contributed by atoms with Crippen molar-refractivity contribution in [2.45, 2.75) is 12.0 Å². The fourth-order valence-corrected chi connectivity index (χ4v) is 7.69. The number of allylic oxidation sites excluding steroid dienone is 2. The van der Waals surface area contributed by atoms with Crippen LogP contribution in [0.1, 0.15) is 17.0 Å². The van der Waals surface area contributed by atoms with Crippen molar-refractivity contribution in [1.29, 1.82) is 0 Å². The number of hydrogen-bond donors (Lipinski definition) is 0. The van der Waals surface area contributed by atoms with Crippen LogP contribution < -0.4 is 4.74 Å². The van der Waals surface area contributed by atoms with Crippen molar-refractivity contribution in [2.24, 2.45) is 0 Å². The summed E-state index contributed by atoms with van der Waals surface area (Å²) in [6.07, 6.45) is 6.52. The van der Waals surface area contributed by atoms with Crippen LogP contribution in [0.15, 0.2) is 164 Å². The van der Waals surface area contributed by atoms with Crippen LogP contribution in [-0.4, -0.2) is 21.1 Å². The van der Waals surface area contributed by atoms with Crippen molar-refractivity contribution in [3.05, 3.63) is 175 Å². The minimum atomic E-state index is -0.0212. The number of aromatic nitrogens is 3. The maximum Gasteiger partial charge on any atom is 0.164 e. The Morgan fingerprint density at radius 3 is 1.94 bits per heavy atom. The van der Waals surface area contributed by atoms with E-state index in [4.69, 9.17) is 19.7 Å². The van der Waals surface area contributed by atoms with Crippen molar-refractivity contribution in [2.75, 3.05) is 0 Å². The molecule has 1 aromatic heterocycles. The van der Waals surface area contributed by atoms with Crippen LogP contribution in [0.4, 0.5) is 0 Å². The summed E-state index contributed by atoms with van der Waals surface area (Å²) in [6.45, 7) is 0. The van der Waals surface area contributed by atoms with Gasteiger partial charge in [-0.25, -0.2) is 15.0 Å². The van der Waals surface area contributed by atoms with Gasteiger partial charge in [-0.15, -0.1) is 0 Å². The highest BCUT2D eigenvalue weighted by atomic mass is 16.5. The van der Waals surface area contributed by atoms with Gasteiger partial charge in [0.15, 0.2) is 17.5 Å². The SMILES string of the molecule is C1=CC2Oc3ccccc3C2C(c2cccc3c(-c4nc(-c5ccccc5)nc(-c5cc6ccccc6c6ccccc56)n4)cccc23)=C1. The standard InChI is InChI=1S/C45H29N3O/c1-2-13-28(14-3-1)43-46-44(48-45(47-43)39-27-29-15-4-5-16-30(29)31-17-6-7-18-35(31)39)37-24-11-20-32-33(21-10-22-34(32)37)36-23-12-26-41-42(36)38-19-8-9-25-40(38)49-41/h1-27,41-42H. The summed E-state index contributed by atoms with van der Waals surface area (Å²) < 4.78 is 6.38. The first kappa shape index (κ1) is 27.7. The van der Waals surface area contributed by atoms with E-state index in [1.807, 2.05) is 24.3 Å². The number of nitrogens with zero attached hydrogens (tertiary/aromatic N) is 3. The zero-order valence-corrected chi connectivity index (χ0v) is 26.5. The largest absolute Gasteiger partial charge is 0.485 e. The van der Waals surface area contributed by atoms with Gasteiger partial charge in [-0.3, -0.25) is 0 Å². The number of hydrogen-bond acceptors (Lipinski definition) is 4. The number of rotatable bonds is 4. The molecule has 2 unspecified atom stereocenters. The van der Waals surface area contributed by atoms with Crippen LogP contribution in [0.25, 0.3) is 72.1 Å². The average molecular weight is 628 g/mol. The minimum absolute atomic E-state index is 0.0212. The highest BCUT2D eigenvalue weighted by Gasteiger charge is 2.37. The van der Waals surface area contributed by atoms with Crippen LogP contribution in [0.3, 0.4) is 0 Å². The van der Waals surface area contributed by atoms with E-state index in [0.29, 0.717) is 17.5 Å². The summed E-state index contributed by atoms with van der Waals surface area (Å²) in [6, 6.07) is 50.9. The lowest BCUT2D eigenvalue weighted by Crippen LogP contribution is -2.19. The summed E-state index contributed by atoms with van der Waals surface area (Å²) in [4.78, 5) is 15.5. The first-order valence-corrected chi connectivity index (χ1v) is 16.7. The molecule has 0 saturated heterocycles. The summed E-state index contributed by atoms with van der Waals surface area (Å²) in [5.74, 6) is 3.04. The van der Waals surface area contributed by atoms with Gasteiger partial charge in [0.25, 0.3) is 0 Å². The second kappa shape index (κ2) is 11.1. The number of para-hydroxylation sites is 1. The summed E-state index contributed by atoms with van der Waals surface area (Å²) in [5.41, 5.74) is 6.58. The molecule has 0 saturated carbocycles. The topological polar surface area (TPSA) is 47.9 Å². The van der Waals surface area contributed by atoms with E-state index in [9.17, 15) is 0 Å². The molecule has 1 aliphatic heterocycles. The smallest absolute Gasteiger partial charge is 0.164 e. The molecule has 0 fully saturated rings. The van der Waals surface area contributed by atoms with Crippen molar-refractivity contribution >= 4 is 37.9 Å². The van der Waals surface area contributed by atoms with E-state index in [0.717, 1.165) is 44.0 Å². The van der Waals surface area contributed by atoms with Gasteiger partial charge in [-0.1, -0.05) is 146 Å². The third kappa shape index (κ3) is 4.49. The minimum Gasteiger partial charge on any atom is -0.485 e. The Kier molecular flexibility index (Phi) is 6.28. The molecule has 8 aromatic rings. The van der Waals surface area contributed by atoms with Gasteiger partial charge in [-0.05, 0) is 61.7 Å². The summed E-state index contributed by atoms with van der Waals surface area (Å²) in [5, 5.41) is 6.91. The van der Waals surface area contributed by atoms with Gasteiger partial charge in [0, 0.05) is 22.3 Å². The first-order chi connectivity index (χ1) is 24.3. The molecule has 2 atom stereocenters. The normalized spacial score (nSPS) is 16.4. The Morgan fingerprint density at radius 1 is 0.469 bits per heavy atom. The second-order valence-corrected chi connectivity index (χ2v) is 12.7. The molecule has 1 aliphatic carbocycles. The zero-order chi connectivity index (χ0) is 32.3. The lowest BCUT2D eigenvalue weighted by Gasteiger charge is -2.24. The number of fused-ring (bicyclic) bond motifs is 7. The monoisotopic (exact) mass is 627 g/mol. The molecule has 7 aromatic carbocycles. The molecule has 4 nitrogen and oxygen atoms in total. The molecular weight excluding hydrogens is 599 g/mol. The van der Waals surface area contributed by atoms with E-state index >= 15 is 0 Å². The fourth-order valence-electron chi connectivity index (χ4n) is 7.69. The molecular formula is C45H29N3O. The molecule has 2 heterocycles. The lowest BCUT2D eigenvalue weighted by atomic mass is 9.80. The molecule has 0 spiro atoms. The molecule has 230 valence electrons. The van der Waals surface area contributed by atoms with Gasteiger partial charge >= 0.3 is 0 Å².